The molecular formula is C25H40ClNZr. The SMILES string of the molecule is CC1C(C)C(/C=C(\[NH-])C2CCC(Cl)CC2)[C@@H](C)C1C.[CH3-].[CH3-].[Zr+4].[c-]1ccccc1. The van der Waals surface area contributed by atoms with Crippen molar-refractivity contribution >= 4 is 11.6 Å². The summed E-state index contributed by atoms with van der Waals surface area (Å²) >= 11 is 6.16. The Morgan fingerprint density at radius 1 is 0.857 bits per heavy atom. The summed E-state index contributed by atoms with van der Waals surface area (Å²) < 4.78 is 0. The maximum Gasteiger partial charge on any atom is 4.00 e. The number of allylic oxidation sites excluding steroid dienone is 2. The van der Waals surface area contributed by atoms with Crippen LogP contribution in [0, 0.1) is 56.4 Å². The number of halogens is 1. The number of rotatable bonds is 2. The zero-order chi connectivity index (χ0) is 18.4. The third-order valence-corrected chi connectivity index (χ3v) is 7.21. The number of alkyl halides is 1. The van der Waals surface area contributed by atoms with Crippen molar-refractivity contribution in [3.8, 4) is 0 Å². The predicted molar refractivity (Wildman–Crippen MR) is 122 cm³/mol. The van der Waals surface area contributed by atoms with Gasteiger partial charge in [-0.2, -0.15) is 42.1 Å². The number of hydrogen-bond donors (Lipinski definition) is 0. The van der Waals surface area contributed by atoms with E-state index in [1.165, 1.54) is 0 Å². The molecule has 2 aliphatic carbocycles. The van der Waals surface area contributed by atoms with Crippen LogP contribution >= 0.6 is 11.6 Å². The average molecular weight is 481 g/mol. The summed E-state index contributed by atoms with van der Waals surface area (Å²) in [6, 6.07) is 12.5. The number of nitrogens with one attached hydrogen (secondary N) is 1. The molecule has 3 rings (SSSR count). The van der Waals surface area contributed by atoms with Crippen LogP contribution in [0.5, 0.6) is 0 Å². The Labute approximate surface area is 200 Å². The number of benzene rings is 1. The fourth-order valence-electron chi connectivity index (χ4n) is 4.49. The van der Waals surface area contributed by atoms with Crippen LogP contribution in [0.1, 0.15) is 53.4 Å². The first-order valence-electron chi connectivity index (χ1n) is 9.90. The van der Waals surface area contributed by atoms with Gasteiger partial charge in [0.1, 0.15) is 0 Å². The van der Waals surface area contributed by atoms with Crippen LogP contribution in [-0.4, -0.2) is 5.38 Å². The van der Waals surface area contributed by atoms with Crippen molar-refractivity contribution < 1.29 is 26.2 Å². The van der Waals surface area contributed by atoms with E-state index in [9.17, 15) is 0 Å². The summed E-state index contributed by atoms with van der Waals surface area (Å²) in [5.74, 6) is 4.07. The average Bonchev–Trinajstić information content (AvgIpc) is 2.82. The zero-order valence-corrected chi connectivity index (χ0v) is 21.9. The Morgan fingerprint density at radius 2 is 1.32 bits per heavy atom. The Kier molecular flexibility index (Phi) is 16.0. The van der Waals surface area contributed by atoms with E-state index in [1.807, 2.05) is 30.3 Å². The second kappa shape index (κ2) is 14.8. The van der Waals surface area contributed by atoms with Crippen LogP contribution in [0.4, 0.5) is 0 Å². The van der Waals surface area contributed by atoms with Gasteiger partial charge < -0.3 is 20.6 Å². The van der Waals surface area contributed by atoms with Gasteiger partial charge in [0.05, 0.1) is 0 Å². The van der Waals surface area contributed by atoms with E-state index in [0.29, 0.717) is 17.2 Å². The minimum absolute atomic E-state index is 0. The third kappa shape index (κ3) is 8.35. The zero-order valence-electron chi connectivity index (χ0n) is 18.7. The summed E-state index contributed by atoms with van der Waals surface area (Å²) in [6.07, 6.45) is 6.71. The standard InChI is InChI=1S/C17H29ClN.C6H5.2CH3.Zr/c1-10-11(2)13(4)16(12(10)3)9-17(19)14-5-7-15(18)8-6-14;1-2-4-6-5-3-1;;;/h9-16,19H,5-8H2,1-4H3;1-5H;2*1H3;/q4*-1;+4/b17-9-;;;;/t10?,11?,12-,13?,14?,15?,16?;;;;/m0..../s1. The van der Waals surface area contributed by atoms with E-state index in [2.05, 4.69) is 39.8 Å². The minimum atomic E-state index is 0. The molecule has 1 N–H and O–H groups in total. The molecule has 2 fully saturated rings. The van der Waals surface area contributed by atoms with Gasteiger partial charge in [-0.25, -0.2) is 0 Å². The molecule has 0 radical (unpaired) electrons. The molecule has 156 valence electrons. The number of hydrogen-bond acceptors (Lipinski definition) is 0. The maximum atomic E-state index is 8.43. The van der Waals surface area contributed by atoms with E-state index in [-0.39, 0.29) is 41.1 Å². The summed E-state index contributed by atoms with van der Waals surface area (Å²) in [6.45, 7) is 9.49. The van der Waals surface area contributed by atoms with Crippen molar-refractivity contribution in [1.29, 1.82) is 0 Å². The molecule has 5 atom stereocenters. The molecule has 2 saturated carbocycles. The topological polar surface area (TPSA) is 23.8 Å². The maximum absolute atomic E-state index is 8.43. The second-order valence-corrected chi connectivity index (χ2v) is 8.78. The summed E-state index contributed by atoms with van der Waals surface area (Å²) in [5.41, 5.74) is 9.32. The van der Waals surface area contributed by atoms with Crippen LogP contribution in [0.25, 0.3) is 5.73 Å². The van der Waals surface area contributed by atoms with Crippen molar-refractivity contribution in [3.05, 3.63) is 68.8 Å². The predicted octanol–water partition coefficient (Wildman–Crippen LogP) is 8.28. The molecule has 0 bridgehead atoms. The molecule has 0 heterocycles. The Balaban J connectivity index is 0. The molecule has 0 aromatic heterocycles. The Hall–Kier alpha value is -0.0669. The Morgan fingerprint density at radius 3 is 1.68 bits per heavy atom. The van der Waals surface area contributed by atoms with Gasteiger partial charge >= 0.3 is 26.2 Å². The van der Waals surface area contributed by atoms with Gasteiger partial charge in [-0.3, -0.25) is 0 Å². The summed E-state index contributed by atoms with van der Waals surface area (Å²) in [5, 5.41) is 0.355. The molecule has 1 aromatic rings. The van der Waals surface area contributed by atoms with Crippen molar-refractivity contribution in [2.75, 3.05) is 0 Å². The fraction of sp³-hybridized carbons (Fsp3) is 0.600. The Bertz CT molecular complexity index is 484. The molecule has 0 saturated heterocycles. The van der Waals surface area contributed by atoms with Crippen molar-refractivity contribution in [3.63, 3.8) is 0 Å². The molecule has 0 aliphatic heterocycles. The van der Waals surface area contributed by atoms with Gasteiger partial charge in [-0.05, 0) is 61.2 Å². The quantitative estimate of drug-likeness (QED) is 0.300. The molecule has 1 nitrogen and oxygen atoms in total. The third-order valence-electron chi connectivity index (χ3n) is 6.78. The van der Waals surface area contributed by atoms with Gasteiger partial charge in [0.2, 0.25) is 0 Å². The van der Waals surface area contributed by atoms with E-state index in [0.717, 1.165) is 55.1 Å². The van der Waals surface area contributed by atoms with Crippen LogP contribution in [0.2, 0.25) is 0 Å². The van der Waals surface area contributed by atoms with Gasteiger partial charge in [-0.1, -0.05) is 33.8 Å². The van der Waals surface area contributed by atoms with Crippen molar-refractivity contribution in [2.45, 2.75) is 58.8 Å². The van der Waals surface area contributed by atoms with Gasteiger partial charge in [0, 0.05) is 5.38 Å². The van der Waals surface area contributed by atoms with E-state index < -0.39 is 0 Å². The largest absolute Gasteiger partial charge is 4.00 e. The first kappa shape index (κ1) is 30.1. The van der Waals surface area contributed by atoms with E-state index >= 15 is 0 Å². The summed E-state index contributed by atoms with van der Waals surface area (Å²) in [7, 11) is 0. The van der Waals surface area contributed by atoms with Crippen molar-refractivity contribution in [1.82, 2.24) is 0 Å². The van der Waals surface area contributed by atoms with Crippen molar-refractivity contribution in [2.24, 2.45) is 35.5 Å². The fourth-order valence-corrected chi connectivity index (χ4v) is 4.74. The summed E-state index contributed by atoms with van der Waals surface area (Å²) in [4.78, 5) is 0. The molecule has 28 heavy (non-hydrogen) atoms. The molecule has 0 spiro atoms. The van der Waals surface area contributed by atoms with E-state index in [4.69, 9.17) is 17.3 Å². The molecule has 2 aliphatic rings. The molecule has 1 aromatic carbocycles. The van der Waals surface area contributed by atoms with Crippen LogP contribution in [0.3, 0.4) is 0 Å². The minimum Gasteiger partial charge on any atom is -0.702 e. The van der Waals surface area contributed by atoms with Gasteiger partial charge in [0.15, 0.2) is 0 Å². The van der Waals surface area contributed by atoms with E-state index in [1.54, 1.807) is 0 Å². The van der Waals surface area contributed by atoms with Gasteiger partial charge in [0.25, 0.3) is 0 Å². The molecule has 3 heteroatoms. The first-order valence-corrected chi connectivity index (χ1v) is 10.3. The second-order valence-electron chi connectivity index (χ2n) is 8.16. The molecular weight excluding hydrogens is 441 g/mol. The smallest absolute Gasteiger partial charge is 0.702 e. The van der Waals surface area contributed by atoms with Gasteiger partial charge in [-0.15, -0.1) is 11.6 Å². The monoisotopic (exact) mass is 479 g/mol. The van der Waals surface area contributed by atoms with Crippen LogP contribution in [-0.2, 0) is 26.2 Å². The molecule has 0 amide bonds. The van der Waals surface area contributed by atoms with Crippen LogP contribution < -0.4 is 0 Å². The van der Waals surface area contributed by atoms with Crippen LogP contribution in [0.15, 0.2) is 42.1 Å². The first-order chi connectivity index (χ1) is 11.9. The molecule has 4 unspecified atom stereocenters. The normalized spacial score (nSPS) is 34.6.